The van der Waals surface area contributed by atoms with Crippen LogP contribution in [-0.2, 0) is 0 Å². The topological polar surface area (TPSA) is 0 Å². The minimum Gasteiger partial charge on any atom is -0.0654 e. The highest BCUT2D eigenvalue weighted by Gasteiger charge is 2.13. The lowest BCUT2D eigenvalue weighted by molar-refractivity contribution is 0.693. The molecule has 0 spiro atoms. The number of hydrogen-bond acceptors (Lipinski definition) is 0. The largest absolute Gasteiger partial charge is 0.0654 e. The summed E-state index contributed by atoms with van der Waals surface area (Å²) in [6.45, 7) is 2.25. The SMILES string of the molecule is CCCCC[C](c1ccccc1)c1ccccc1. The van der Waals surface area contributed by atoms with Crippen molar-refractivity contribution < 1.29 is 0 Å². The van der Waals surface area contributed by atoms with Crippen LogP contribution in [0, 0.1) is 5.92 Å². The maximum Gasteiger partial charge on any atom is 0.0340 e. The number of unbranched alkanes of at least 4 members (excludes halogenated alkanes) is 2. The monoisotopic (exact) mass is 237 g/mol. The first-order chi connectivity index (χ1) is 8.92. The zero-order valence-electron chi connectivity index (χ0n) is 11.1. The number of rotatable bonds is 6. The Hall–Kier alpha value is -1.56. The molecule has 2 aromatic carbocycles. The predicted octanol–water partition coefficient (Wildman–Crippen LogP) is 5.24. The maximum atomic E-state index is 2.25. The van der Waals surface area contributed by atoms with Gasteiger partial charge in [0, 0.05) is 5.92 Å². The Morgan fingerprint density at radius 3 is 1.67 bits per heavy atom. The molecule has 2 rings (SSSR count). The molecule has 0 aliphatic carbocycles. The van der Waals surface area contributed by atoms with Crippen molar-refractivity contribution in [2.75, 3.05) is 0 Å². The van der Waals surface area contributed by atoms with Crippen LogP contribution >= 0.6 is 0 Å². The van der Waals surface area contributed by atoms with Crippen molar-refractivity contribution in [3.8, 4) is 0 Å². The first-order valence-electron chi connectivity index (χ1n) is 6.88. The third-order valence-corrected chi connectivity index (χ3v) is 3.27. The van der Waals surface area contributed by atoms with Crippen LogP contribution in [0.2, 0.25) is 0 Å². The first-order valence-corrected chi connectivity index (χ1v) is 6.88. The normalized spacial score (nSPS) is 10.8. The summed E-state index contributed by atoms with van der Waals surface area (Å²) >= 11 is 0. The molecule has 0 aliphatic heterocycles. The van der Waals surface area contributed by atoms with Crippen molar-refractivity contribution in [2.24, 2.45) is 0 Å². The molecule has 0 unspecified atom stereocenters. The van der Waals surface area contributed by atoms with E-state index in [0.29, 0.717) is 0 Å². The third-order valence-electron chi connectivity index (χ3n) is 3.27. The van der Waals surface area contributed by atoms with Crippen LogP contribution in [-0.4, -0.2) is 0 Å². The molecule has 93 valence electrons. The standard InChI is InChI=1S/C18H21/c1-2-3-6-15-18(16-11-7-4-8-12-16)17-13-9-5-10-14-17/h4-5,7-14H,2-3,6,15H2,1H3. The second-order valence-electron chi connectivity index (χ2n) is 4.67. The van der Waals surface area contributed by atoms with E-state index in [1.165, 1.54) is 42.7 Å². The summed E-state index contributed by atoms with van der Waals surface area (Å²) in [6, 6.07) is 21.5. The molecular formula is C18H21. The van der Waals surface area contributed by atoms with Gasteiger partial charge in [-0.15, -0.1) is 0 Å². The highest BCUT2D eigenvalue weighted by Crippen LogP contribution is 2.28. The van der Waals surface area contributed by atoms with E-state index >= 15 is 0 Å². The average Bonchev–Trinajstić information content (AvgIpc) is 2.46. The van der Waals surface area contributed by atoms with Gasteiger partial charge in [-0.2, -0.15) is 0 Å². The van der Waals surface area contributed by atoms with Gasteiger partial charge in [0.05, 0.1) is 0 Å². The van der Waals surface area contributed by atoms with Crippen molar-refractivity contribution in [1.29, 1.82) is 0 Å². The molecule has 0 saturated heterocycles. The fraction of sp³-hybridized carbons (Fsp3) is 0.278. The van der Waals surface area contributed by atoms with Gasteiger partial charge in [0.1, 0.15) is 0 Å². The van der Waals surface area contributed by atoms with Gasteiger partial charge in [0.2, 0.25) is 0 Å². The molecular weight excluding hydrogens is 216 g/mol. The molecule has 0 aliphatic rings. The summed E-state index contributed by atoms with van der Waals surface area (Å²) in [6.07, 6.45) is 5.03. The lowest BCUT2D eigenvalue weighted by atomic mass is 9.87. The third kappa shape index (κ3) is 3.46. The van der Waals surface area contributed by atoms with E-state index in [9.17, 15) is 0 Å². The lowest BCUT2D eigenvalue weighted by Crippen LogP contribution is -2.02. The van der Waals surface area contributed by atoms with E-state index in [1.807, 2.05) is 0 Å². The summed E-state index contributed by atoms with van der Waals surface area (Å²) in [7, 11) is 0. The minimum atomic E-state index is 1.17. The van der Waals surface area contributed by atoms with Crippen molar-refractivity contribution >= 4 is 0 Å². The van der Waals surface area contributed by atoms with Gasteiger partial charge < -0.3 is 0 Å². The van der Waals surface area contributed by atoms with Gasteiger partial charge in [-0.3, -0.25) is 0 Å². The molecule has 0 fully saturated rings. The minimum absolute atomic E-state index is 1.17. The van der Waals surface area contributed by atoms with Crippen LogP contribution in [0.15, 0.2) is 60.7 Å². The van der Waals surface area contributed by atoms with Crippen LogP contribution in [0.4, 0.5) is 0 Å². The Balaban J connectivity index is 2.18. The van der Waals surface area contributed by atoms with E-state index in [1.54, 1.807) is 0 Å². The molecule has 18 heavy (non-hydrogen) atoms. The molecule has 0 aromatic heterocycles. The maximum absolute atomic E-state index is 2.25. The van der Waals surface area contributed by atoms with Crippen LogP contribution < -0.4 is 0 Å². The van der Waals surface area contributed by atoms with Gasteiger partial charge in [-0.1, -0.05) is 86.8 Å². The second kappa shape index (κ2) is 7.00. The highest BCUT2D eigenvalue weighted by molar-refractivity contribution is 5.45. The van der Waals surface area contributed by atoms with Crippen molar-refractivity contribution in [1.82, 2.24) is 0 Å². The molecule has 0 bridgehead atoms. The number of benzene rings is 2. The van der Waals surface area contributed by atoms with E-state index < -0.39 is 0 Å². The van der Waals surface area contributed by atoms with E-state index in [-0.39, 0.29) is 0 Å². The van der Waals surface area contributed by atoms with Crippen LogP contribution in [0.5, 0.6) is 0 Å². The van der Waals surface area contributed by atoms with Gasteiger partial charge in [-0.25, -0.2) is 0 Å². The molecule has 0 saturated carbocycles. The van der Waals surface area contributed by atoms with Crippen LogP contribution in [0.25, 0.3) is 0 Å². The molecule has 0 heterocycles. The predicted molar refractivity (Wildman–Crippen MR) is 78.5 cm³/mol. The Labute approximate surface area is 111 Å². The van der Waals surface area contributed by atoms with E-state index in [2.05, 4.69) is 67.6 Å². The van der Waals surface area contributed by atoms with Crippen molar-refractivity contribution in [2.45, 2.75) is 32.6 Å². The summed E-state index contributed by atoms with van der Waals surface area (Å²) in [5, 5.41) is 0. The zero-order chi connectivity index (χ0) is 12.6. The summed E-state index contributed by atoms with van der Waals surface area (Å²) in [5.74, 6) is 1.48. The van der Waals surface area contributed by atoms with Gasteiger partial charge in [0.15, 0.2) is 0 Å². The molecule has 2 aromatic rings. The van der Waals surface area contributed by atoms with E-state index in [4.69, 9.17) is 0 Å². The number of hydrogen-bond donors (Lipinski definition) is 0. The average molecular weight is 237 g/mol. The molecule has 0 heteroatoms. The molecule has 0 atom stereocenters. The zero-order valence-corrected chi connectivity index (χ0v) is 11.1. The van der Waals surface area contributed by atoms with Crippen molar-refractivity contribution in [3.63, 3.8) is 0 Å². The fourth-order valence-electron chi connectivity index (χ4n) is 2.29. The Bertz CT molecular complexity index is 391. The first kappa shape index (κ1) is 12.9. The Kier molecular flexibility index (Phi) is 5.01. The molecule has 0 nitrogen and oxygen atoms in total. The van der Waals surface area contributed by atoms with Gasteiger partial charge >= 0.3 is 0 Å². The van der Waals surface area contributed by atoms with E-state index in [0.717, 1.165) is 0 Å². The highest BCUT2D eigenvalue weighted by atomic mass is 14.2. The van der Waals surface area contributed by atoms with Crippen LogP contribution in [0.3, 0.4) is 0 Å². The smallest absolute Gasteiger partial charge is 0.0340 e. The Morgan fingerprint density at radius 2 is 1.22 bits per heavy atom. The second-order valence-corrected chi connectivity index (χ2v) is 4.67. The van der Waals surface area contributed by atoms with Gasteiger partial charge in [0.25, 0.3) is 0 Å². The van der Waals surface area contributed by atoms with Crippen LogP contribution in [0.1, 0.15) is 43.7 Å². The Morgan fingerprint density at radius 1 is 0.722 bits per heavy atom. The molecule has 0 amide bonds. The fourth-order valence-corrected chi connectivity index (χ4v) is 2.29. The van der Waals surface area contributed by atoms with Gasteiger partial charge in [-0.05, 0) is 17.5 Å². The van der Waals surface area contributed by atoms with Crippen molar-refractivity contribution in [3.05, 3.63) is 77.7 Å². The quantitative estimate of drug-likeness (QED) is 0.603. The summed E-state index contributed by atoms with van der Waals surface area (Å²) < 4.78 is 0. The summed E-state index contributed by atoms with van der Waals surface area (Å²) in [5.41, 5.74) is 2.72. The molecule has 1 radical (unpaired) electrons. The lowest BCUT2D eigenvalue weighted by Gasteiger charge is -2.17. The summed E-state index contributed by atoms with van der Waals surface area (Å²) in [4.78, 5) is 0. The molecule has 0 N–H and O–H groups in total.